The highest BCUT2D eigenvalue weighted by Gasteiger charge is 2.37. The maximum Gasteiger partial charge on any atom is 0.433 e. The number of sulfonamides is 1. The number of alkyl halides is 3. The summed E-state index contributed by atoms with van der Waals surface area (Å²) < 4.78 is 62.4. The molecule has 0 unspecified atom stereocenters. The Kier molecular flexibility index (Phi) is 9.32. The molecule has 0 radical (unpaired) electrons. The van der Waals surface area contributed by atoms with Crippen molar-refractivity contribution in [3.63, 3.8) is 0 Å². The fraction of sp³-hybridized carbons (Fsp3) is 0.364. The van der Waals surface area contributed by atoms with Crippen LogP contribution in [-0.4, -0.2) is 61.6 Å². The molecule has 2 heterocycles. The standard InChI is InChI=1S/C14H17N3O3S.C8H7F3N2O.H2/c1-3-16(2)14(18)12-5-4-6-13(7-12)21(19,20)17-9-11(8-15)10-17;9-8(10,11)7-3-6(1-2-13-7)4-12-5-14;/h4-7,11H,3,9-10H2,1-2H3;1-3,5H,4H2,(H,12,14);1H. The van der Waals surface area contributed by atoms with Crippen molar-refractivity contribution in [2.24, 2.45) is 5.92 Å². The second-order valence-electron chi connectivity index (χ2n) is 7.54. The number of halogens is 3. The molecule has 35 heavy (non-hydrogen) atoms. The molecule has 1 aliphatic rings. The van der Waals surface area contributed by atoms with Gasteiger partial charge in [-0.25, -0.2) is 8.42 Å². The summed E-state index contributed by atoms with van der Waals surface area (Å²) in [5, 5.41) is 11.0. The van der Waals surface area contributed by atoms with E-state index in [9.17, 15) is 31.2 Å². The van der Waals surface area contributed by atoms with E-state index in [1.807, 2.05) is 13.0 Å². The molecule has 3 rings (SSSR count). The number of pyridine rings is 1. The molecule has 0 bridgehead atoms. The van der Waals surface area contributed by atoms with Crippen LogP contribution in [0.3, 0.4) is 0 Å². The highest BCUT2D eigenvalue weighted by molar-refractivity contribution is 7.89. The van der Waals surface area contributed by atoms with E-state index in [0.717, 1.165) is 12.3 Å². The number of hydrogen-bond donors (Lipinski definition) is 1. The Morgan fingerprint density at radius 1 is 1.34 bits per heavy atom. The van der Waals surface area contributed by atoms with E-state index in [2.05, 4.69) is 10.3 Å². The molecule has 1 aromatic carbocycles. The summed E-state index contributed by atoms with van der Waals surface area (Å²) in [7, 11) is -1.96. The van der Waals surface area contributed by atoms with Crippen molar-refractivity contribution in [3.8, 4) is 6.07 Å². The minimum Gasteiger partial charge on any atom is -0.355 e. The third kappa shape index (κ3) is 7.24. The van der Waals surface area contributed by atoms with Crippen LogP contribution in [0.4, 0.5) is 13.2 Å². The van der Waals surface area contributed by atoms with Crippen molar-refractivity contribution in [2.45, 2.75) is 24.5 Å². The first-order chi connectivity index (χ1) is 16.4. The highest BCUT2D eigenvalue weighted by Crippen LogP contribution is 2.27. The number of nitrogens with zero attached hydrogens (tertiary/aromatic N) is 4. The van der Waals surface area contributed by atoms with Gasteiger partial charge in [0.15, 0.2) is 0 Å². The topological polar surface area (TPSA) is 123 Å². The molecule has 0 atom stereocenters. The van der Waals surface area contributed by atoms with Gasteiger partial charge in [0.05, 0.1) is 16.9 Å². The van der Waals surface area contributed by atoms with Crippen molar-refractivity contribution < 1.29 is 32.6 Å². The van der Waals surface area contributed by atoms with Gasteiger partial charge in [-0.2, -0.15) is 22.7 Å². The molecule has 2 amide bonds. The minimum absolute atomic E-state index is 0. The number of carbonyl (C=O) groups is 2. The summed E-state index contributed by atoms with van der Waals surface area (Å²) in [6, 6.07) is 10.4. The van der Waals surface area contributed by atoms with Crippen LogP contribution in [0, 0.1) is 17.2 Å². The van der Waals surface area contributed by atoms with E-state index in [1.54, 1.807) is 19.2 Å². The summed E-state index contributed by atoms with van der Waals surface area (Å²) in [5.74, 6) is -0.455. The third-order valence-corrected chi connectivity index (χ3v) is 6.90. The lowest BCUT2D eigenvalue weighted by Crippen LogP contribution is -2.49. The Bertz CT molecular complexity index is 1200. The number of aromatic nitrogens is 1. The average molecular weight is 514 g/mol. The molecule has 0 saturated carbocycles. The molecule has 2 aromatic rings. The van der Waals surface area contributed by atoms with Gasteiger partial charge in [-0.15, -0.1) is 0 Å². The van der Waals surface area contributed by atoms with Gasteiger partial charge in [0.1, 0.15) is 5.69 Å². The summed E-state index contributed by atoms with van der Waals surface area (Å²) in [6.45, 7) is 2.89. The summed E-state index contributed by atoms with van der Waals surface area (Å²) in [6.07, 6.45) is -2.96. The smallest absolute Gasteiger partial charge is 0.355 e. The van der Waals surface area contributed by atoms with Gasteiger partial charge in [0, 0.05) is 46.4 Å². The van der Waals surface area contributed by atoms with Crippen molar-refractivity contribution >= 4 is 22.3 Å². The van der Waals surface area contributed by atoms with Gasteiger partial charge < -0.3 is 10.2 Å². The Morgan fingerprint density at radius 2 is 2.03 bits per heavy atom. The van der Waals surface area contributed by atoms with Crippen LogP contribution in [0.2, 0.25) is 0 Å². The van der Waals surface area contributed by atoms with Crippen molar-refractivity contribution in [3.05, 3.63) is 59.4 Å². The third-order valence-electron chi connectivity index (χ3n) is 5.07. The zero-order chi connectivity index (χ0) is 26.2. The summed E-state index contributed by atoms with van der Waals surface area (Å²) in [4.78, 5) is 26.8. The zero-order valence-corrected chi connectivity index (χ0v) is 19.8. The predicted molar refractivity (Wildman–Crippen MR) is 121 cm³/mol. The van der Waals surface area contributed by atoms with E-state index in [4.69, 9.17) is 5.26 Å². The maximum absolute atomic E-state index is 12.4. The van der Waals surface area contributed by atoms with Crippen LogP contribution in [0.25, 0.3) is 0 Å². The van der Waals surface area contributed by atoms with Gasteiger partial charge >= 0.3 is 6.18 Å². The van der Waals surface area contributed by atoms with Crippen molar-refractivity contribution in [1.29, 1.82) is 5.26 Å². The molecule has 13 heteroatoms. The minimum atomic E-state index is -4.45. The van der Waals surface area contributed by atoms with Gasteiger partial charge in [-0.1, -0.05) is 6.07 Å². The summed E-state index contributed by atoms with van der Waals surface area (Å²) >= 11 is 0. The first kappa shape index (κ1) is 27.7. The highest BCUT2D eigenvalue weighted by atomic mass is 32.2. The first-order valence-corrected chi connectivity index (χ1v) is 11.8. The Balaban J connectivity index is 0.000000379. The van der Waals surface area contributed by atoms with Gasteiger partial charge in [0.25, 0.3) is 5.91 Å². The van der Waals surface area contributed by atoms with Gasteiger partial charge in [-0.05, 0) is 42.8 Å². The fourth-order valence-electron chi connectivity index (χ4n) is 2.92. The number of hydrogen-bond acceptors (Lipinski definition) is 6. The monoisotopic (exact) mass is 513 g/mol. The molecular weight excluding hydrogens is 487 g/mol. The number of rotatable bonds is 7. The normalized spacial score (nSPS) is 14.1. The molecule has 9 nitrogen and oxygen atoms in total. The van der Waals surface area contributed by atoms with E-state index in [0.29, 0.717) is 24.1 Å². The summed E-state index contributed by atoms with van der Waals surface area (Å²) in [5.41, 5.74) is -0.250. The van der Waals surface area contributed by atoms with Crippen LogP contribution in [0.15, 0.2) is 47.5 Å². The van der Waals surface area contributed by atoms with Crippen LogP contribution in [0.5, 0.6) is 0 Å². The molecule has 1 fully saturated rings. The Hall–Kier alpha value is -3.50. The molecule has 1 aliphatic heterocycles. The molecule has 190 valence electrons. The van der Waals surface area contributed by atoms with Crippen molar-refractivity contribution in [1.82, 2.24) is 19.5 Å². The number of benzene rings is 1. The first-order valence-electron chi connectivity index (χ1n) is 10.4. The Morgan fingerprint density at radius 3 is 2.60 bits per heavy atom. The van der Waals surface area contributed by atoms with Crippen LogP contribution < -0.4 is 5.32 Å². The molecule has 0 spiro atoms. The maximum atomic E-state index is 12.4. The molecule has 1 saturated heterocycles. The van der Waals surface area contributed by atoms with E-state index < -0.39 is 21.9 Å². The lowest BCUT2D eigenvalue weighted by molar-refractivity contribution is -0.141. The van der Waals surface area contributed by atoms with Crippen LogP contribution in [0.1, 0.15) is 30.0 Å². The van der Waals surface area contributed by atoms with Gasteiger partial charge in [0.2, 0.25) is 16.4 Å². The fourth-order valence-corrected chi connectivity index (χ4v) is 4.49. The van der Waals surface area contributed by atoms with E-state index >= 15 is 0 Å². The zero-order valence-electron chi connectivity index (χ0n) is 19.0. The molecule has 0 aliphatic carbocycles. The number of nitrogens with one attached hydrogen (secondary N) is 1. The van der Waals surface area contributed by atoms with Crippen LogP contribution in [-0.2, 0) is 27.5 Å². The number of carbonyl (C=O) groups excluding carboxylic acids is 2. The molecular formula is C22H26F3N5O4S. The van der Waals surface area contributed by atoms with Crippen LogP contribution >= 0.6 is 0 Å². The second-order valence-corrected chi connectivity index (χ2v) is 9.48. The quantitative estimate of drug-likeness (QED) is 0.568. The molecule has 1 N–H and O–H groups in total. The van der Waals surface area contributed by atoms with E-state index in [-0.39, 0.29) is 37.8 Å². The average Bonchev–Trinajstić information content (AvgIpc) is 2.81. The number of nitriles is 1. The van der Waals surface area contributed by atoms with Crippen molar-refractivity contribution in [2.75, 3.05) is 26.7 Å². The lowest BCUT2D eigenvalue weighted by Gasteiger charge is -2.34. The SMILES string of the molecule is CCN(C)C(=O)c1cccc(S(=O)(=O)N2CC(C#N)C2)c1.O=CNCc1ccnc(C(F)(F)F)c1.[HH]. The second kappa shape index (κ2) is 11.8. The predicted octanol–water partition coefficient (Wildman–Crippen LogP) is 2.51. The molecule has 1 aromatic heterocycles. The Labute approximate surface area is 202 Å². The van der Waals surface area contributed by atoms with E-state index in [1.165, 1.54) is 27.4 Å². The number of amides is 2. The largest absolute Gasteiger partial charge is 0.433 e. The van der Waals surface area contributed by atoms with Gasteiger partial charge in [-0.3, -0.25) is 14.6 Å². The lowest BCUT2D eigenvalue weighted by atomic mass is 10.1.